The van der Waals surface area contributed by atoms with Gasteiger partial charge in [-0.1, -0.05) is 6.07 Å². The summed E-state index contributed by atoms with van der Waals surface area (Å²) in [6.07, 6.45) is 2.11. The minimum absolute atomic E-state index is 0.103. The Labute approximate surface area is 140 Å². The first-order valence-corrected chi connectivity index (χ1v) is 8.58. The second-order valence-corrected chi connectivity index (χ2v) is 7.95. The molecule has 6 nitrogen and oxygen atoms in total. The molecule has 0 radical (unpaired) electrons. The van der Waals surface area contributed by atoms with Crippen molar-refractivity contribution in [3.63, 3.8) is 0 Å². The molecule has 6 heteroatoms. The summed E-state index contributed by atoms with van der Waals surface area (Å²) in [6.45, 7) is 1.57. The fraction of sp³-hybridized carbons (Fsp3) is 0.556. The molecule has 4 unspecified atom stereocenters. The van der Waals surface area contributed by atoms with Crippen LogP contribution >= 0.6 is 0 Å². The molecule has 3 N–H and O–H groups in total. The molecule has 2 bridgehead atoms. The number of likely N-dealkylation sites (N-methyl/N-ethyl adjacent to an activating group) is 1. The van der Waals surface area contributed by atoms with E-state index in [-0.39, 0.29) is 22.5 Å². The lowest BCUT2D eigenvalue weighted by molar-refractivity contribution is -0.121. The van der Waals surface area contributed by atoms with Crippen molar-refractivity contribution in [3.05, 3.63) is 29.3 Å². The van der Waals surface area contributed by atoms with E-state index in [1.165, 1.54) is 5.56 Å². The third-order valence-corrected chi connectivity index (χ3v) is 6.84. The predicted molar refractivity (Wildman–Crippen MR) is 86.8 cm³/mol. The molecular weight excluding hydrogens is 306 g/mol. The Morgan fingerprint density at radius 1 is 1.25 bits per heavy atom. The molecule has 2 heterocycles. The van der Waals surface area contributed by atoms with Gasteiger partial charge in [0.15, 0.2) is 0 Å². The molecule has 3 fully saturated rings. The fourth-order valence-electron chi connectivity index (χ4n) is 6.37. The van der Waals surface area contributed by atoms with Crippen LogP contribution in [0.3, 0.4) is 0 Å². The van der Waals surface area contributed by atoms with E-state index in [2.05, 4.69) is 22.6 Å². The fourth-order valence-corrected chi connectivity index (χ4v) is 6.37. The van der Waals surface area contributed by atoms with Crippen LogP contribution in [0.5, 0.6) is 5.75 Å². The number of carbonyl (C=O) groups excluding carboxylic acids is 2. The molecule has 0 aromatic heterocycles. The molecule has 2 aliphatic heterocycles. The highest BCUT2D eigenvalue weighted by atomic mass is 16.3. The van der Waals surface area contributed by atoms with E-state index in [0.29, 0.717) is 24.9 Å². The van der Waals surface area contributed by atoms with E-state index in [1.807, 2.05) is 12.1 Å². The highest BCUT2D eigenvalue weighted by molar-refractivity contribution is 5.95. The molecule has 2 saturated heterocycles. The van der Waals surface area contributed by atoms with Gasteiger partial charge >= 0.3 is 6.03 Å². The van der Waals surface area contributed by atoms with Crippen molar-refractivity contribution in [2.75, 3.05) is 20.1 Å². The number of benzene rings is 1. The third kappa shape index (κ3) is 1.50. The number of urea groups is 1. The van der Waals surface area contributed by atoms with E-state index < -0.39 is 6.03 Å². The number of amides is 3. The van der Waals surface area contributed by atoms with Crippen LogP contribution in [0.15, 0.2) is 18.2 Å². The molecule has 24 heavy (non-hydrogen) atoms. The van der Waals surface area contributed by atoms with Crippen molar-refractivity contribution in [3.8, 4) is 5.75 Å². The van der Waals surface area contributed by atoms with Crippen LogP contribution in [0.1, 0.15) is 30.4 Å². The van der Waals surface area contributed by atoms with E-state index in [4.69, 9.17) is 0 Å². The van der Waals surface area contributed by atoms with E-state index in [9.17, 15) is 14.7 Å². The molecule has 3 amide bonds. The average Bonchev–Trinajstić information content (AvgIpc) is 2.90. The maximum absolute atomic E-state index is 12.5. The summed E-state index contributed by atoms with van der Waals surface area (Å²) in [6, 6.07) is 5.67. The summed E-state index contributed by atoms with van der Waals surface area (Å²) >= 11 is 0. The monoisotopic (exact) mass is 327 g/mol. The van der Waals surface area contributed by atoms with Crippen LogP contribution in [0, 0.1) is 5.92 Å². The lowest BCUT2D eigenvalue weighted by Gasteiger charge is -2.57. The average molecular weight is 327 g/mol. The number of rotatable bonds is 0. The molecule has 4 aliphatic rings. The van der Waals surface area contributed by atoms with Crippen molar-refractivity contribution in [1.82, 2.24) is 15.5 Å². The van der Waals surface area contributed by atoms with Gasteiger partial charge in [0.1, 0.15) is 5.75 Å². The third-order valence-electron chi connectivity index (χ3n) is 6.84. The van der Waals surface area contributed by atoms with Gasteiger partial charge in [-0.3, -0.25) is 10.1 Å². The lowest BCUT2D eigenvalue weighted by Crippen LogP contribution is -2.66. The number of hydrogen-bond donors (Lipinski definition) is 3. The standard InChI is InChI=1S/C18H21N3O3/c1-21-9-18-8-17(13-6-10(22)2-3-11(13)18)7-14(23)20-16(24)19-5-4-12(17)15(18)21/h2-3,6,12,15,22H,4-5,7-9H2,1H3,(H2,19,20,23,24). The van der Waals surface area contributed by atoms with Crippen molar-refractivity contribution >= 4 is 11.9 Å². The first-order valence-electron chi connectivity index (χ1n) is 8.58. The highest BCUT2D eigenvalue weighted by Crippen LogP contribution is 2.70. The largest absolute Gasteiger partial charge is 0.508 e. The first-order chi connectivity index (χ1) is 11.5. The minimum Gasteiger partial charge on any atom is -0.508 e. The molecule has 2 aliphatic carbocycles. The Bertz CT molecular complexity index is 779. The first kappa shape index (κ1) is 14.3. The predicted octanol–water partition coefficient (Wildman–Crippen LogP) is 0.835. The number of nitrogens with one attached hydrogen (secondary N) is 2. The summed E-state index contributed by atoms with van der Waals surface area (Å²) in [5.74, 6) is 0.342. The van der Waals surface area contributed by atoms with Gasteiger partial charge in [-0.2, -0.15) is 0 Å². The number of imide groups is 1. The van der Waals surface area contributed by atoms with Crippen LogP contribution < -0.4 is 10.6 Å². The van der Waals surface area contributed by atoms with Gasteiger partial charge in [-0.05, 0) is 49.1 Å². The van der Waals surface area contributed by atoms with E-state index in [0.717, 1.165) is 24.9 Å². The Hall–Kier alpha value is -2.08. The van der Waals surface area contributed by atoms with Crippen LogP contribution in [0.4, 0.5) is 4.79 Å². The lowest BCUT2D eigenvalue weighted by atomic mass is 9.61. The minimum atomic E-state index is -0.404. The molecule has 4 atom stereocenters. The topological polar surface area (TPSA) is 81.7 Å². The van der Waals surface area contributed by atoms with Gasteiger partial charge in [0, 0.05) is 36.4 Å². The SMILES string of the molecule is CN1CC23CC4(CC(=O)NC(=O)NCCC4C12)c1cc(O)ccc13. The van der Waals surface area contributed by atoms with Gasteiger partial charge in [0.2, 0.25) is 5.91 Å². The number of nitrogens with zero attached hydrogens (tertiary/aromatic N) is 1. The Balaban J connectivity index is 1.70. The second-order valence-electron chi connectivity index (χ2n) is 7.95. The molecule has 5 rings (SSSR count). The van der Waals surface area contributed by atoms with Crippen molar-refractivity contribution in [1.29, 1.82) is 0 Å². The quantitative estimate of drug-likeness (QED) is 0.659. The molecule has 126 valence electrons. The zero-order valence-electron chi connectivity index (χ0n) is 13.6. The normalized spacial score (nSPS) is 40.2. The smallest absolute Gasteiger partial charge is 0.321 e. The number of phenolic OH excluding ortho intramolecular Hbond substituents is 1. The number of carbonyl (C=O) groups is 2. The summed E-state index contributed by atoms with van der Waals surface area (Å²) in [5, 5.41) is 15.3. The number of fused-ring (bicyclic) bond motifs is 2. The maximum Gasteiger partial charge on any atom is 0.321 e. The Morgan fingerprint density at radius 3 is 2.88 bits per heavy atom. The molecule has 1 aromatic rings. The molecular formula is C18H21N3O3. The molecule has 2 spiro atoms. The zero-order valence-corrected chi connectivity index (χ0v) is 13.6. The Morgan fingerprint density at radius 2 is 2.08 bits per heavy atom. The van der Waals surface area contributed by atoms with E-state index in [1.54, 1.807) is 6.07 Å². The Kier molecular flexibility index (Phi) is 2.56. The number of likely N-dealkylation sites (tertiary alicyclic amines) is 1. The van der Waals surface area contributed by atoms with Gasteiger partial charge < -0.3 is 15.3 Å². The van der Waals surface area contributed by atoms with Gasteiger partial charge in [-0.25, -0.2) is 4.79 Å². The summed E-state index contributed by atoms with van der Waals surface area (Å²) in [4.78, 5) is 26.6. The van der Waals surface area contributed by atoms with Gasteiger partial charge in [-0.15, -0.1) is 0 Å². The number of aromatic hydroxyl groups is 1. The maximum atomic E-state index is 12.5. The van der Waals surface area contributed by atoms with Crippen LogP contribution in [-0.4, -0.2) is 48.1 Å². The van der Waals surface area contributed by atoms with Crippen LogP contribution in [-0.2, 0) is 15.6 Å². The van der Waals surface area contributed by atoms with E-state index >= 15 is 0 Å². The highest BCUT2D eigenvalue weighted by Gasteiger charge is 2.73. The molecule has 1 saturated carbocycles. The van der Waals surface area contributed by atoms with Crippen LogP contribution in [0.25, 0.3) is 0 Å². The summed E-state index contributed by atoms with van der Waals surface area (Å²) in [7, 11) is 2.15. The summed E-state index contributed by atoms with van der Waals surface area (Å²) in [5.41, 5.74) is 2.25. The van der Waals surface area contributed by atoms with Gasteiger partial charge in [0.25, 0.3) is 0 Å². The van der Waals surface area contributed by atoms with Crippen molar-refractivity contribution in [2.45, 2.75) is 36.1 Å². The molecule has 1 aromatic carbocycles. The van der Waals surface area contributed by atoms with Crippen LogP contribution in [0.2, 0.25) is 0 Å². The second kappa shape index (κ2) is 4.30. The number of hydrogen-bond acceptors (Lipinski definition) is 4. The van der Waals surface area contributed by atoms with Crippen molar-refractivity contribution < 1.29 is 14.7 Å². The zero-order chi connectivity index (χ0) is 16.7. The van der Waals surface area contributed by atoms with Gasteiger partial charge in [0.05, 0.1) is 0 Å². The number of phenols is 1. The summed E-state index contributed by atoms with van der Waals surface area (Å²) < 4.78 is 0. The van der Waals surface area contributed by atoms with Crippen molar-refractivity contribution in [2.24, 2.45) is 5.92 Å².